The lowest BCUT2D eigenvalue weighted by atomic mass is 10.2. The Hall–Kier alpha value is -2.05. The number of fused-ring (bicyclic) bond motifs is 1. The summed E-state index contributed by atoms with van der Waals surface area (Å²) in [5.74, 6) is -0.234. The molecule has 6 heteroatoms. The molecule has 1 unspecified atom stereocenters. The second-order valence-electron chi connectivity index (χ2n) is 5.60. The number of pyridine rings is 1. The quantitative estimate of drug-likeness (QED) is 0.754. The number of benzene rings is 1. The maximum absolute atomic E-state index is 12.9. The third kappa shape index (κ3) is 3.83. The van der Waals surface area contributed by atoms with Gasteiger partial charge in [0.2, 0.25) is 0 Å². The van der Waals surface area contributed by atoms with Crippen LogP contribution in [0.15, 0.2) is 57.9 Å². The standard InChI is InChI=1S/C17H15BrFN3O/c1-21(9-12-2-5-14(19)6-3-12)11-15-8-17(23)22-10-13(18)4-7-16(22)20-15/h2-8,10H,9,11H2,1H3/p+1. The minimum atomic E-state index is -0.234. The molecule has 23 heavy (non-hydrogen) atoms. The van der Waals surface area contributed by atoms with Gasteiger partial charge in [-0.3, -0.25) is 9.20 Å². The highest BCUT2D eigenvalue weighted by Crippen LogP contribution is 2.09. The van der Waals surface area contributed by atoms with Crippen molar-refractivity contribution in [2.45, 2.75) is 13.1 Å². The van der Waals surface area contributed by atoms with Crippen LogP contribution in [0.4, 0.5) is 4.39 Å². The smallest absolute Gasteiger partial charge is 0.258 e. The number of nitrogens with zero attached hydrogens (tertiary/aromatic N) is 2. The van der Waals surface area contributed by atoms with Gasteiger partial charge in [0.1, 0.15) is 30.2 Å². The fourth-order valence-corrected chi connectivity index (χ4v) is 2.88. The van der Waals surface area contributed by atoms with Gasteiger partial charge in [-0.2, -0.15) is 0 Å². The van der Waals surface area contributed by atoms with Gasteiger partial charge in [0, 0.05) is 22.3 Å². The number of aromatic nitrogens is 2. The Kier molecular flexibility index (Phi) is 4.54. The van der Waals surface area contributed by atoms with E-state index in [0.29, 0.717) is 12.2 Å². The first kappa shape index (κ1) is 15.8. The van der Waals surface area contributed by atoms with Crippen molar-refractivity contribution in [3.63, 3.8) is 0 Å². The highest BCUT2D eigenvalue weighted by Gasteiger charge is 2.09. The largest absolute Gasteiger partial charge is 0.329 e. The predicted octanol–water partition coefficient (Wildman–Crippen LogP) is 1.81. The van der Waals surface area contributed by atoms with Gasteiger partial charge < -0.3 is 4.90 Å². The fraction of sp³-hybridized carbons (Fsp3) is 0.176. The van der Waals surface area contributed by atoms with E-state index in [2.05, 4.69) is 20.9 Å². The molecule has 3 rings (SSSR count). The average Bonchev–Trinajstić information content (AvgIpc) is 2.50. The van der Waals surface area contributed by atoms with Crippen molar-refractivity contribution in [1.29, 1.82) is 0 Å². The summed E-state index contributed by atoms with van der Waals surface area (Å²) >= 11 is 3.35. The van der Waals surface area contributed by atoms with Gasteiger partial charge >= 0.3 is 0 Å². The molecule has 1 N–H and O–H groups in total. The van der Waals surface area contributed by atoms with E-state index in [1.54, 1.807) is 24.4 Å². The second kappa shape index (κ2) is 6.60. The van der Waals surface area contributed by atoms with Crippen molar-refractivity contribution in [3.05, 3.63) is 80.6 Å². The average molecular weight is 377 g/mol. The van der Waals surface area contributed by atoms with E-state index in [4.69, 9.17) is 0 Å². The Morgan fingerprint density at radius 1 is 1.17 bits per heavy atom. The molecule has 0 bridgehead atoms. The fourth-order valence-electron chi connectivity index (χ4n) is 2.54. The van der Waals surface area contributed by atoms with Crippen molar-refractivity contribution in [2.24, 2.45) is 0 Å². The summed E-state index contributed by atoms with van der Waals surface area (Å²) in [6.45, 7) is 1.36. The molecule has 2 heterocycles. The first-order valence-electron chi connectivity index (χ1n) is 7.25. The molecule has 0 aliphatic heterocycles. The van der Waals surface area contributed by atoms with Gasteiger partial charge in [0.15, 0.2) is 0 Å². The summed E-state index contributed by atoms with van der Waals surface area (Å²) in [5.41, 5.74) is 2.33. The Morgan fingerprint density at radius 2 is 1.91 bits per heavy atom. The highest BCUT2D eigenvalue weighted by molar-refractivity contribution is 9.10. The van der Waals surface area contributed by atoms with Crippen LogP contribution in [-0.2, 0) is 13.1 Å². The Balaban J connectivity index is 1.79. The zero-order valence-corrected chi connectivity index (χ0v) is 14.2. The molecule has 0 saturated carbocycles. The Bertz CT molecular complexity index is 892. The van der Waals surface area contributed by atoms with Crippen molar-refractivity contribution in [3.8, 4) is 0 Å². The van der Waals surface area contributed by atoms with Gasteiger partial charge in [-0.25, -0.2) is 9.37 Å². The van der Waals surface area contributed by atoms with Crippen LogP contribution in [0, 0.1) is 5.82 Å². The van der Waals surface area contributed by atoms with E-state index in [1.807, 2.05) is 19.2 Å². The molecule has 0 spiro atoms. The lowest BCUT2D eigenvalue weighted by Gasteiger charge is -2.14. The molecule has 4 nitrogen and oxygen atoms in total. The van der Waals surface area contributed by atoms with Crippen molar-refractivity contribution in [2.75, 3.05) is 7.05 Å². The monoisotopic (exact) mass is 376 g/mol. The molecular weight excluding hydrogens is 361 g/mol. The molecule has 2 aromatic heterocycles. The minimum absolute atomic E-state index is 0.0964. The zero-order chi connectivity index (χ0) is 16.4. The molecule has 118 valence electrons. The highest BCUT2D eigenvalue weighted by atomic mass is 79.9. The van der Waals surface area contributed by atoms with E-state index in [0.717, 1.165) is 22.3 Å². The zero-order valence-electron chi connectivity index (χ0n) is 12.6. The summed E-state index contributed by atoms with van der Waals surface area (Å²) in [4.78, 5) is 17.9. The number of hydrogen-bond donors (Lipinski definition) is 1. The molecular formula is C17H16BrFN3O+. The summed E-state index contributed by atoms with van der Waals surface area (Å²) < 4.78 is 15.3. The predicted molar refractivity (Wildman–Crippen MR) is 89.9 cm³/mol. The topological polar surface area (TPSA) is 38.8 Å². The minimum Gasteiger partial charge on any atom is -0.329 e. The summed E-state index contributed by atoms with van der Waals surface area (Å²) in [6, 6.07) is 11.7. The summed E-state index contributed by atoms with van der Waals surface area (Å²) in [7, 11) is 2.02. The van der Waals surface area contributed by atoms with Crippen molar-refractivity contribution >= 4 is 21.6 Å². The molecule has 0 saturated heterocycles. The number of hydrogen-bond acceptors (Lipinski definition) is 2. The van der Waals surface area contributed by atoms with E-state index < -0.39 is 0 Å². The van der Waals surface area contributed by atoms with Crippen LogP contribution in [0.3, 0.4) is 0 Å². The maximum Gasteiger partial charge on any atom is 0.258 e. The van der Waals surface area contributed by atoms with Crippen LogP contribution >= 0.6 is 15.9 Å². The Labute approximate surface area is 141 Å². The molecule has 0 amide bonds. The van der Waals surface area contributed by atoms with E-state index in [9.17, 15) is 9.18 Å². The van der Waals surface area contributed by atoms with Crippen molar-refractivity contribution < 1.29 is 9.29 Å². The first-order valence-corrected chi connectivity index (χ1v) is 8.04. The van der Waals surface area contributed by atoms with E-state index >= 15 is 0 Å². The SMILES string of the molecule is C[NH+](Cc1ccc(F)cc1)Cc1cc(=O)n2cc(Br)ccc2n1. The van der Waals surface area contributed by atoms with Gasteiger partial charge in [-0.1, -0.05) is 12.1 Å². The van der Waals surface area contributed by atoms with Crippen LogP contribution in [0.1, 0.15) is 11.3 Å². The van der Waals surface area contributed by atoms with Gasteiger partial charge in [0.05, 0.1) is 7.05 Å². The molecule has 3 aromatic rings. The van der Waals surface area contributed by atoms with Crippen LogP contribution in [0.5, 0.6) is 0 Å². The molecule has 0 radical (unpaired) electrons. The van der Waals surface area contributed by atoms with Crippen LogP contribution < -0.4 is 10.5 Å². The summed E-state index contributed by atoms with van der Waals surface area (Å²) in [6.07, 6.45) is 1.71. The third-order valence-electron chi connectivity index (χ3n) is 3.58. The molecule has 1 atom stereocenters. The number of nitrogens with one attached hydrogen (secondary N) is 1. The number of quaternary nitrogens is 1. The van der Waals surface area contributed by atoms with E-state index in [-0.39, 0.29) is 11.4 Å². The third-order valence-corrected chi connectivity index (χ3v) is 4.05. The lowest BCUT2D eigenvalue weighted by molar-refractivity contribution is -0.908. The Morgan fingerprint density at radius 3 is 2.65 bits per heavy atom. The number of rotatable bonds is 4. The molecule has 0 aliphatic rings. The summed E-state index contributed by atoms with van der Waals surface area (Å²) in [5, 5.41) is 0. The first-order chi connectivity index (χ1) is 11.0. The van der Waals surface area contributed by atoms with Crippen molar-refractivity contribution in [1.82, 2.24) is 9.38 Å². The lowest BCUT2D eigenvalue weighted by Crippen LogP contribution is -3.06. The molecule has 1 aromatic carbocycles. The maximum atomic E-state index is 12.9. The van der Waals surface area contributed by atoms with Gasteiger partial charge in [0.25, 0.3) is 5.56 Å². The van der Waals surface area contributed by atoms with Gasteiger partial charge in [-0.05, 0) is 40.2 Å². The van der Waals surface area contributed by atoms with Crippen LogP contribution in [0.2, 0.25) is 0 Å². The van der Waals surface area contributed by atoms with E-state index in [1.165, 1.54) is 21.4 Å². The molecule has 0 aliphatic carbocycles. The van der Waals surface area contributed by atoms with Gasteiger partial charge in [-0.15, -0.1) is 0 Å². The molecule has 0 fully saturated rings. The van der Waals surface area contributed by atoms with Crippen LogP contribution in [-0.4, -0.2) is 16.4 Å². The normalized spacial score (nSPS) is 12.5. The second-order valence-corrected chi connectivity index (χ2v) is 6.51. The number of halogens is 2. The van der Waals surface area contributed by atoms with Crippen LogP contribution in [0.25, 0.3) is 5.65 Å².